The van der Waals surface area contributed by atoms with Crippen LogP contribution in [0.25, 0.3) is 6.08 Å². The second-order valence-electron chi connectivity index (χ2n) is 5.84. The van der Waals surface area contributed by atoms with E-state index in [1.54, 1.807) is 18.3 Å². The van der Waals surface area contributed by atoms with Gasteiger partial charge in [0.25, 0.3) is 0 Å². The van der Waals surface area contributed by atoms with Crippen LogP contribution in [-0.2, 0) is 4.79 Å². The quantitative estimate of drug-likeness (QED) is 0.792. The Bertz CT molecular complexity index is 786. The van der Waals surface area contributed by atoms with Crippen molar-refractivity contribution < 1.29 is 14.3 Å². The molecule has 1 fully saturated rings. The lowest BCUT2D eigenvalue weighted by Crippen LogP contribution is -2.48. The Balaban J connectivity index is 1.34. The summed E-state index contributed by atoms with van der Waals surface area (Å²) in [6.45, 7) is 3.09. The fourth-order valence-electron chi connectivity index (χ4n) is 2.91. The average Bonchev–Trinajstić information content (AvgIpc) is 3.15. The Hall–Kier alpha value is -3.09. The molecule has 7 nitrogen and oxygen atoms in total. The molecule has 1 amide bonds. The largest absolute Gasteiger partial charge is 0.454 e. The maximum atomic E-state index is 12.4. The number of rotatable bonds is 3. The molecule has 2 aromatic rings. The number of piperazine rings is 1. The molecule has 25 heavy (non-hydrogen) atoms. The Labute approximate surface area is 145 Å². The average molecular weight is 338 g/mol. The molecule has 0 spiro atoms. The van der Waals surface area contributed by atoms with Crippen LogP contribution in [0.2, 0.25) is 0 Å². The molecule has 2 aliphatic heterocycles. The lowest BCUT2D eigenvalue weighted by atomic mass is 10.2. The van der Waals surface area contributed by atoms with Crippen molar-refractivity contribution in [3.63, 3.8) is 0 Å². The summed E-state index contributed by atoms with van der Waals surface area (Å²) in [6, 6.07) is 9.44. The number of nitrogens with zero attached hydrogens (tertiary/aromatic N) is 4. The molecule has 0 radical (unpaired) electrons. The van der Waals surface area contributed by atoms with Gasteiger partial charge in [0.05, 0.1) is 0 Å². The molecule has 1 aromatic carbocycles. The van der Waals surface area contributed by atoms with E-state index < -0.39 is 0 Å². The zero-order valence-corrected chi connectivity index (χ0v) is 13.7. The van der Waals surface area contributed by atoms with Crippen LogP contribution < -0.4 is 14.4 Å². The Kier molecular flexibility index (Phi) is 4.20. The highest BCUT2D eigenvalue weighted by Crippen LogP contribution is 2.32. The van der Waals surface area contributed by atoms with E-state index in [9.17, 15) is 4.79 Å². The summed E-state index contributed by atoms with van der Waals surface area (Å²) in [6.07, 6.45) is 5.07. The Morgan fingerprint density at radius 1 is 1.08 bits per heavy atom. The molecule has 2 aliphatic rings. The first-order valence-electron chi connectivity index (χ1n) is 8.19. The van der Waals surface area contributed by atoms with Crippen molar-refractivity contribution in [1.82, 2.24) is 15.1 Å². The van der Waals surface area contributed by atoms with E-state index in [0.717, 1.165) is 30.2 Å². The number of carbonyl (C=O) groups excluding carboxylic acids is 1. The monoisotopic (exact) mass is 338 g/mol. The summed E-state index contributed by atoms with van der Waals surface area (Å²) in [5, 5.41) is 8.01. The summed E-state index contributed by atoms with van der Waals surface area (Å²) in [5.74, 6) is 2.32. The number of hydrogen-bond acceptors (Lipinski definition) is 6. The van der Waals surface area contributed by atoms with E-state index in [1.807, 2.05) is 35.2 Å². The van der Waals surface area contributed by atoms with Crippen LogP contribution in [0.4, 0.5) is 5.82 Å². The second-order valence-corrected chi connectivity index (χ2v) is 5.84. The second kappa shape index (κ2) is 6.80. The van der Waals surface area contributed by atoms with Gasteiger partial charge in [0.15, 0.2) is 17.3 Å². The predicted octanol–water partition coefficient (Wildman–Crippen LogP) is 1.57. The lowest BCUT2D eigenvalue weighted by molar-refractivity contribution is -0.126. The molecular weight excluding hydrogens is 320 g/mol. The van der Waals surface area contributed by atoms with Gasteiger partial charge >= 0.3 is 0 Å². The third-order valence-electron chi connectivity index (χ3n) is 4.29. The van der Waals surface area contributed by atoms with Crippen LogP contribution in [0.15, 0.2) is 42.6 Å². The molecule has 0 saturated carbocycles. The molecule has 0 atom stereocenters. The minimum absolute atomic E-state index is 0.0106. The molecule has 1 saturated heterocycles. The highest BCUT2D eigenvalue weighted by molar-refractivity contribution is 5.92. The molecule has 0 N–H and O–H groups in total. The van der Waals surface area contributed by atoms with Crippen LogP contribution in [-0.4, -0.2) is 54.0 Å². The van der Waals surface area contributed by atoms with Crippen molar-refractivity contribution in [2.45, 2.75) is 0 Å². The third kappa shape index (κ3) is 3.40. The SMILES string of the molecule is O=C(/C=C/c1ccc2c(c1)OCO2)N1CCN(c2cccnn2)CC1. The van der Waals surface area contributed by atoms with Gasteiger partial charge < -0.3 is 19.3 Å². The van der Waals surface area contributed by atoms with E-state index >= 15 is 0 Å². The minimum atomic E-state index is 0.0106. The molecule has 128 valence electrons. The van der Waals surface area contributed by atoms with Crippen molar-refractivity contribution >= 4 is 17.8 Å². The Morgan fingerprint density at radius 3 is 2.72 bits per heavy atom. The van der Waals surface area contributed by atoms with Crippen molar-refractivity contribution in [1.29, 1.82) is 0 Å². The van der Waals surface area contributed by atoms with Crippen LogP contribution in [0.5, 0.6) is 11.5 Å². The van der Waals surface area contributed by atoms with Gasteiger partial charge in [-0.2, -0.15) is 5.10 Å². The molecule has 0 aliphatic carbocycles. The molecule has 3 heterocycles. The molecule has 7 heteroatoms. The van der Waals surface area contributed by atoms with Gasteiger partial charge in [-0.25, -0.2) is 0 Å². The molecule has 0 unspecified atom stereocenters. The van der Waals surface area contributed by atoms with Crippen molar-refractivity contribution in [3.05, 3.63) is 48.2 Å². The maximum Gasteiger partial charge on any atom is 0.246 e. The number of hydrogen-bond donors (Lipinski definition) is 0. The number of aromatic nitrogens is 2. The van der Waals surface area contributed by atoms with E-state index in [1.165, 1.54) is 0 Å². The summed E-state index contributed by atoms with van der Waals surface area (Å²) in [7, 11) is 0. The molecule has 4 rings (SSSR count). The van der Waals surface area contributed by atoms with Crippen molar-refractivity contribution in [2.75, 3.05) is 37.9 Å². The molecule has 0 bridgehead atoms. The van der Waals surface area contributed by atoms with Crippen LogP contribution in [0, 0.1) is 0 Å². The zero-order valence-electron chi connectivity index (χ0n) is 13.7. The van der Waals surface area contributed by atoms with Gasteiger partial charge in [-0.3, -0.25) is 4.79 Å². The number of carbonyl (C=O) groups is 1. The molecular formula is C18H18N4O3. The van der Waals surface area contributed by atoms with Crippen LogP contribution >= 0.6 is 0 Å². The number of anilines is 1. The fraction of sp³-hybridized carbons (Fsp3) is 0.278. The molecule has 1 aromatic heterocycles. The van der Waals surface area contributed by atoms with Gasteiger partial charge in [-0.1, -0.05) is 6.07 Å². The van der Waals surface area contributed by atoms with E-state index in [-0.39, 0.29) is 12.7 Å². The lowest BCUT2D eigenvalue weighted by Gasteiger charge is -2.34. The van der Waals surface area contributed by atoms with Gasteiger partial charge in [-0.15, -0.1) is 5.10 Å². The standard InChI is InChI=1S/C18H18N4O3/c23-18(6-4-14-3-5-15-16(12-14)25-13-24-15)22-10-8-21(9-11-22)17-2-1-7-19-20-17/h1-7,12H,8-11,13H2/b6-4+. The van der Waals surface area contributed by atoms with Gasteiger partial charge in [0, 0.05) is 38.5 Å². The van der Waals surface area contributed by atoms with Gasteiger partial charge in [0.2, 0.25) is 12.7 Å². The van der Waals surface area contributed by atoms with Gasteiger partial charge in [0.1, 0.15) is 0 Å². The maximum absolute atomic E-state index is 12.4. The first-order valence-corrected chi connectivity index (χ1v) is 8.19. The van der Waals surface area contributed by atoms with E-state index in [4.69, 9.17) is 9.47 Å². The first-order chi connectivity index (χ1) is 12.3. The third-order valence-corrected chi connectivity index (χ3v) is 4.29. The van der Waals surface area contributed by atoms with Crippen LogP contribution in [0.1, 0.15) is 5.56 Å². The van der Waals surface area contributed by atoms with Crippen molar-refractivity contribution in [3.8, 4) is 11.5 Å². The topological polar surface area (TPSA) is 67.8 Å². The van der Waals surface area contributed by atoms with Gasteiger partial charge in [-0.05, 0) is 35.9 Å². The predicted molar refractivity (Wildman–Crippen MR) is 92.4 cm³/mol. The number of benzene rings is 1. The fourth-order valence-corrected chi connectivity index (χ4v) is 2.91. The normalized spacial score (nSPS) is 16.5. The Morgan fingerprint density at radius 2 is 1.92 bits per heavy atom. The van der Waals surface area contributed by atoms with Crippen molar-refractivity contribution in [2.24, 2.45) is 0 Å². The summed E-state index contributed by atoms with van der Waals surface area (Å²) >= 11 is 0. The van der Waals surface area contributed by atoms with E-state index in [2.05, 4.69) is 15.1 Å². The minimum Gasteiger partial charge on any atom is -0.454 e. The smallest absolute Gasteiger partial charge is 0.246 e. The number of ether oxygens (including phenoxy) is 2. The number of amides is 1. The highest BCUT2D eigenvalue weighted by Gasteiger charge is 2.20. The van der Waals surface area contributed by atoms with Crippen LogP contribution in [0.3, 0.4) is 0 Å². The highest BCUT2D eigenvalue weighted by atomic mass is 16.7. The summed E-state index contributed by atoms with van der Waals surface area (Å²) < 4.78 is 10.6. The first kappa shape index (κ1) is 15.4. The zero-order chi connectivity index (χ0) is 17.1. The summed E-state index contributed by atoms with van der Waals surface area (Å²) in [4.78, 5) is 16.4. The summed E-state index contributed by atoms with van der Waals surface area (Å²) in [5.41, 5.74) is 0.913. The number of fused-ring (bicyclic) bond motifs is 1. The van der Waals surface area contributed by atoms with E-state index in [0.29, 0.717) is 18.8 Å².